The summed E-state index contributed by atoms with van der Waals surface area (Å²) in [6, 6.07) is 0. The lowest BCUT2D eigenvalue weighted by atomic mass is 10.0. The first-order valence-electron chi connectivity index (χ1n) is 25.5. The molecule has 0 spiro atoms. The van der Waals surface area contributed by atoms with E-state index in [9.17, 15) is 14.4 Å². The van der Waals surface area contributed by atoms with E-state index in [4.69, 9.17) is 14.2 Å². The zero-order valence-corrected chi connectivity index (χ0v) is 39.9. The molecule has 0 aliphatic carbocycles. The van der Waals surface area contributed by atoms with E-state index >= 15 is 0 Å². The van der Waals surface area contributed by atoms with Gasteiger partial charge in [0.25, 0.3) is 0 Å². The van der Waals surface area contributed by atoms with E-state index in [1.165, 1.54) is 128 Å². The van der Waals surface area contributed by atoms with E-state index in [1.807, 2.05) is 54.7 Å². The molecule has 0 aromatic rings. The lowest BCUT2D eigenvalue weighted by molar-refractivity contribution is -0.167. The van der Waals surface area contributed by atoms with E-state index < -0.39 is 6.10 Å². The smallest absolute Gasteiger partial charge is 0.306 e. The van der Waals surface area contributed by atoms with Crippen LogP contribution in [-0.2, 0) is 28.6 Å². The molecule has 0 radical (unpaired) electrons. The second-order valence-corrected chi connectivity index (χ2v) is 16.8. The Morgan fingerprint density at radius 2 is 0.672 bits per heavy atom. The molecule has 350 valence electrons. The summed E-state index contributed by atoms with van der Waals surface area (Å²) < 4.78 is 16.7. The highest BCUT2D eigenvalue weighted by Gasteiger charge is 2.19. The zero-order chi connectivity index (χ0) is 44.4. The summed E-state index contributed by atoms with van der Waals surface area (Å²) in [4.78, 5) is 37.9. The van der Waals surface area contributed by atoms with Crippen LogP contribution in [0.25, 0.3) is 0 Å². The van der Waals surface area contributed by atoms with Crippen LogP contribution in [0.2, 0.25) is 0 Å². The average Bonchev–Trinajstić information content (AvgIpc) is 3.26. The molecule has 61 heavy (non-hydrogen) atoms. The molecule has 6 heteroatoms. The fourth-order valence-corrected chi connectivity index (χ4v) is 7.00. The minimum atomic E-state index is -0.809. The number of carbonyl (C=O) groups is 3. The van der Waals surface area contributed by atoms with Crippen LogP contribution in [0.15, 0.2) is 72.9 Å². The Hall–Kier alpha value is -3.15. The summed E-state index contributed by atoms with van der Waals surface area (Å²) in [5.74, 6) is -0.993. The third-order valence-electron chi connectivity index (χ3n) is 10.8. The van der Waals surface area contributed by atoms with Crippen molar-refractivity contribution in [3.8, 4) is 0 Å². The summed E-state index contributed by atoms with van der Waals surface area (Å²) in [7, 11) is 0. The van der Waals surface area contributed by atoms with Crippen molar-refractivity contribution in [3.05, 3.63) is 72.9 Å². The first-order valence-corrected chi connectivity index (χ1v) is 25.5. The molecule has 0 aliphatic rings. The first-order chi connectivity index (χ1) is 30.0. The highest BCUT2D eigenvalue weighted by atomic mass is 16.6. The summed E-state index contributed by atoms with van der Waals surface area (Å²) in [6.45, 7) is 6.42. The number of ether oxygens (including phenoxy) is 3. The third kappa shape index (κ3) is 47.7. The number of rotatable bonds is 45. The van der Waals surface area contributed by atoms with E-state index in [0.29, 0.717) is 19.3 Å². The summed E-state index contributed by atoms with van der Waals surface area (Å²) >= 11 is 0. The standard InChI is InChI=1S/C55H94O6/c1-4-7-10-13-16-19-22-25-27-28-31-33-36-39-42-45-48-54(57)60-51-52(50-59-53(56)47-44-41-38-35-32-29-24-21-18-15-12-9-6-3)61-55(58)49-46-43-40-37-34-30-26-23-20-17-14-11-8-5-2/h9,12,15,18,21,24,29-30,32,34-35,38,52H,4-8,10-11,13-14,16-17,19-20,22-23,25-28,31,33,36-37,39-51H2,1-3H3/b12-9-,18-15-,24-21-,32-29-,34-30-,38-35-. The Bertz CT molecular complexity index is 1160. The van der Waals surface area contributed by atoms with Gasteiger partial charge in [-0.3, -0.25) is 14.4 Å². The largest absolute Gasteiger partial charge is 0.462 e. The van der Waals surface area contributed by atoms with Crippen molar-refractivity contribution in [1.29, 1.82) is 0 Å². The zero-order valence-electron chi connectivity index (χ0n) is 39.9. The van der Waals surface area contributed by atoms with Crippen molar-refractivity contribution < 1.29 is 28.6 Å². The monoisotopic (exact) mass is 851 g/mol. The van der Waals surface area contributed by atoms with Crippen LogP contribution in [-0.4, -0.2) is 37.2 Å². The van der Waals surface area contributed by atoms with Crippen molar-refractivity contribution in [2.24, 2.45) is 0 Å². The molecule has 0 aromatic carbocycles. The maximum atomic E-state index is 12.8. The van der Waals surface area contributed by atoms with E-state index in [0.717, 1.165) is 64.2 Å². The van der Waals surface area contributed by atoms with Gasteiger partial charge in [0, 0.05) is 19.3 Å². The predicted octanol–water partition coefficient (Wildman–Crippen LogP) is 16.6. The summed E-state index contributed by atoms with van der Waals surface area (Å²) in [6.07, 6.45) is 61.8. The third-order valence-corrected chi connectivity index (χ3v) is 10.8. The van der Waals surface area contributed by atoms with Gasteiger partial charge in [-0.2, -0.15) is 0 Å². The molecule has 0 rings (SSSR count). The summed E-state index contributed by atoms with van der Waals surface area (Å²) in [5, 5.41) is 0. The van der Waals surface area contributed by atoms with Crippen LogP contribution in [0.4, 0.5) is 0 Å². The number of carbonyl (C=O) groups excluding carboxylic acids is 3. The molecule has 0 aliphatic heterocycles. The normalized spacial score (nSPS) is 12.6. The van der Waals surface area contributed by atoms with Crippen LogP contribution >= 0.6 is 0 Å². The highest BCUT2D eigenvalue weighted by molar-refractivity contribution is 5.71. The van der Waals surface area contributed by atoms with Crippen LogP contribution in [0.1, 0.15) is 239 Å². The van der Waals surface area contributed by atoms with Gasteiger partial charge < -0.3 is 14.2 Å². The molecule has 1 unspecified atom stereocenters. The van der Waals surface area contributed by atoms with E-state index in [2.05, 4.69) is 39.0 Å². The molecule has 0 saturated heterocycles. The molecule has 1 atom stereocenters. The molecule has 0 heterocycles. The fraction of sp³-hybridized carbons (Fsp3) is 0.727. The van der Waals surface area contributed by atoms with Crippen LogP contribution in [0.3, 0.4) is 0 Å². The Morgan fingerprint density at radius 3 is 1.11 bits per heavy atom. The van der Waals surface area contributed by atoms with Crippen molar-refractivity contribution in [3.63, 3.8) is 0 Å². The number of allylic oxidation sites excluding steroid dienone is 12. The average molecular weight is 851 g/mol. The SMILES string of the molecule is CC\C=C/C=C\C=C/C=C\C=C/CCCC(=O)OCC(COC(=O)CCCCCCCCCCCCCCCCCC)OC(=O)CCCCC/C=C\CCCCCCCCC. The van der Waals surface area contributed by atoms with Gasteiger partial charge in [-0.15, -0.1) is 0 Å². The molecule has 6 nitrogen and oxygen atoms in total. The van der Waals surface area contributed by atoms with Crippen LogP contribution in [0.5, 0.6) is 0 Å². The Balaban J connectivity index is 4.47. The first kappa shape index (κ1) is 57.9. The molecule has 0 aromatic heterocycles. The molecular weight excluding hydrogens is 757 g/mol. The lowest BCUT2D eigenvalue weighted by Crippen LogP contribution is -2.30. The quantitative estimate of drug-likeness (QED) is 0.0200. The molecule has 0 N–H and O–H groups in total. The van der Waals surface area contributed by atoms with Gasteiger partial charge in [-0.25, -0.2) is 0 Å². The minimum absolute atomic E-state index is 0.102. The van der Waals surface area contributed by atoms with Gasteiger partial charge in [0.15, 0.2) is 6.10 Å². The molecule has 0 bridgehead atoms. The van der Waals surface area contributed by atoms with Gasteiger partial charge >= 0.3 is 17.9 Å². The maximum absolute atomic E-state index is 12.8. The van der Waals surface area contributed by atoms with E-state index in [1.54, 1.807) is 0 Å². The van der Waals surface area contributed by atoms with Gasteiger partial charge in [0.05, 0.1) is 0 Å². The van der Waals surface area contributed by atoms with Crippen molar-refractivity contribution in [2.75, 3.05) is 13.2 Å². The topological polar surface area (TPSA) is 78.9 Å². The van der Waals surface area contributed by atoms with Crippen LogP contribution < -0.4 is 0 Å². The number of esters is 3. The number of hydrogen-bond acceptors (Lipinski definition) is 6. The van der Waals surface area contributed by atoms with Gasteiger partial charge in [0.2, 0.25) is 0 Å². The fourth-order valence-electron chi connectivity index (χ4n) is 7.00. The molecule has 0 fully saturated rings. The second-order valence-electron chi connectivity index (χ2n) is 16.8. The highest BCUT2D eigenvalue weighted by Crippen LogP contribution is 2.15. The van der Waals surface area contributed by atoms with Crippen molar-refractivity contribution in [2.45, 2.75) is 245 Å². The van der Waals surface area contributed by atoms with Crippen molar-refractivity contribution in [1.82, 2.24) is 0 Å². The summed E-state index contributed by atoms with van der Waals surface area (Å²) in [5.41, 5.74) is 0. The molecule has 0 saturated carbocycles. The van der Waals surface area contributed by atoms with Gasteiger partial charge in [0.1, 0.15) is 13.2 Å². The van der Waals surface area contributed by atoms with E-state index in [-0.39, 0.29) is 37.5 Å². The predicted molar refractivity (Wildman–Crippen MR) is 261 cm³/mol. The van der Waals surface area contributed by atoms with Crippen LogP contribution in [0, 0.1) is 0 Å². The minimum Gasteiger partial charge on any atom is -0.462 e. The Labute approximate surface area is 376 Å². The lowest BCUT2D eigenvalue weighted by Gasteiger charge is -2.18. The Kier molecular flexibility index (Phi) is 46.9. The number of unbranched alkanes of at least 4 members (excludes halogenated alkanes) is 26. The van der Waals surface area contributed by atoms with Gasteiger partial charge in [-0.1, -0.05) is 235 Å². The molecular formula is C55H94O6. The Morgan fingerprint density at radius 1 is 0.344 bits per heavy atom. The number of hydrogen-bond donors (Lipinski definition) is 0. The maximum Gasteiger partial charge on any atom is 0.306 e. The second kappa shape index (κ2) is 49.5. The van der Waals surface area contributed by atoms with Gasteiger partial charge in [-0.05, 0) is 57.8 Å². The molecule has 0 amide bonds. The van der Waals surface area contributed by atoms with Crippen molar-refractivity contribution >= 4 is 17.9 Å².